The number of aliphatic carboxylic acids is 1. The molecule has 6 heteroatoms. The predicted octanol–water partition coefficient (Wildman–Crippen LogP) is 1.70. The number of ether oxygens (including phenoxy) is 1. The fourth-order valence-electron chi connectivity index (χ4n) is 2.97. The van der Waals surface area contributed by atoms with Gasteiger partial charge in [-0.15, -0.1) is 0 Å². The topological polar surface area (TPSA) is 92.7 Å². The van der Waals surface area contributed by atoms with Gasteiger partial charge in [0.2, 0.25) is 0 Å². The summed E-state index contributed by atoms with van der Waals surface area (Å²) >= 11 is 0. The summed E-state index contributed by atoms with van der Waals surface area (Å²) in [5.41, 5.74) is 0.649. The van der Waals surface area contributed by atoms with Gasteiger partial charge >= 0.3 is 5.97 Å². The molecule has 3 atom stereocenters. The van der Waals surface area contributed by atoms with Crippen molar-refractivity contribution in [3.63, 3.8) is 0 Å². The van der Waals surface area contributed by atoms with Crippen molar-refractivity contribution >= 4 is 17.7 Å². The molecule has 0 aliphatic heterocycles. The van der Waals surface area contributed by atoms with E-state index >= 15 is 0 Å². The third-order valence-electron chi connectivity index (χ3n) is 4.13. The van der Waals surface area contributed by atoms with Crippen LogP contribution >= 0.6 is 0 Å². The number of carboxylic acids is 1. The number of carboxylic acid groups (broad SMARTS) is 1. The van der Waals surface area contributed by atoms with Gasteiger partial charge in [-0.25, -0.2) is 4.79 Å². The molecule has 2 rings (SSSR count). The van der Waals surface area contributed by atoms with Crippen molar-refractivity contribution in [1.29, 1.82) is 0 Å². The zero-order valence-electron chi connectivity index (χ0n) is 13.0. The van der Waals surface area contributed by atoms with Gasteiger partial charge < -0.3 is 15.2 Å². The molecule has 1 aromatic rings. The van der Waals surface area contributed by atoms with Crippen LogP contribution in [0.1, 0.15) is 37.4 Å². The van der Waals surface area contributed by atoms with E-state index in [1.54, 1.807) is 24.3 Å². The maximum Gasteiger partial charge on any atom is 0.326 e. The first-order valence-corrected chi connectivity index (χ1v) is 7.65. The van der Waals surface area contributed by atoms with Gasteiger partial charge in [0.05, 0.1) is 0 Å². The maximum absolute atomic E-state index is 12.4. The van der Waals surface area contributed by atoms with Crippen molar-refractivity contribution in [1.82, 2.24) is 5.32 Å². The highest BCUT2D eigenvalue weighted by molar-refractivity contribution is 5.88. The van der Waals surface area contributed by atoms with Crippen molar-refractivity contribution < 1.29 is 24.2 Å². The molecule has 0 heterocycles. The molecule has 0 spiro atoms. The Labute approximate surface area is 134 Å². The summed E-state index contributed by atoms with van der Waals surface area (Å²) in [5, 5.41) is 12.0. The molecule has 0 radical (unpaired) electrons. The summed E-state index contributed by atoms with van der Waals surface area (Å²) in [7, 11) is 1.40. The quantitative estimate of drug-likeness (QED) is 0.832. The van der Waals surface area contributed by atoms with Crippen LogP contribution in [0.4, 0.5) is 0 Å². The number of hydrogen-bond donors (Lipinski definition) is 2. The van der Waals surface area contributed by atoms with Crippen LogP contribution in [-0.4, -0.2) is 35.9 Å². The van der Waals surface area contributed by atoms with E-state index in [4.69, 9.17) is 4.74 Å². The van der Waals surface area contributed by atoms with Gasteiger partial charge in [-0.1, -0.05) is 30.3 Å². The van der Waals surface area contributed by atoms with Gasteiger partial charge in [-0.05, 0) is 24.3 Å². The molecule has 0 saturated heterocycles. The number of benzene rings is 1. The second-order valence-corrected chi connectivity index (χ2v) is 5.75. The van der Waals surface area contributed by atoms with Gasteiger partial charge in [0, 0.05) is 20.0 Å². The number of methoxy groups -OCH3 is 1. The summed E-state index contributed by atoms with van der Waals surface area (Å²) in [6.45, 7) is 0. The normalized spacial score (nSPS) is 20.6. The molecular weight excluding hydrogens is 298 g/mol. The molecule has 0 bridgehead atoms. The van der Waals surface area contributed by atoms with Crippen molar-refractivity contribution in [2.24, 2.45) is 5.92 Å². The highest BCUT2D eigenvalue weighted by Gasteiger charge is 2.35. The number of carbonyl (C=O) groups excluding carboxylic acids is 2. The molecule has 1 aliphatic carbocycles. The Morgan fingerprint density at radius 3 is 2.57 bits per heavy atom. The molecule has 1 saturated carbocycles. The number of rotatable bonds is 6. The van der Waals surface area contributed by atoms with E-state index in [0.29, 0.717) is 24.8 Å². The van der Waals surface area contributed by atoms with Crippen LogP contribution < -0.4 is 5.32 Å². The average Bonchev–Trinajstić information content (AvgIpc) is 2.54. The van der Waals surface area contributed by atoms with E-state index < -0.39 is 24.0 Å². The molecule has 1 fully saturated rings. The molecule has 1 aliphatic rings. The Morgan fingerprint density at radius 1 is 1.30 bits per heavy atom. The minimum Gasteiger partial charge on any atom is -0.480 e. The first-order valence-electron chi connectivity index (χ1n) is 7.65. The number of hydrogen-bond acceptors (Lipinski definition) is 4. The monoisotopic (exact) mass is 319 g/mol. The van der Waals surface area contributed by atoms with Crippen molar-refractivity contribution in [3.05, 3.63) is 35.9 Å². The lowest BCUT2D eigenvalue weighted by atomic mass is 9.83. The molecule has 2 N–H and O–H groups in total. The lowest BCUT2D eigenvalue weighted by Gasteiger charge is -2.28. The molecule has 1 amide bonds. The Balaban J connectivity index is 2.10. The third kappa shape index (κ3) is 4.39. The molecular formula is C17H21NO5. The standard InChI is InChI=1S/C17H21NO5/c1-23-15(11-6-3-2-4-7-11)16(20)18-14(17(21)22)12-8-5-9-13(19)10-12/h2-4,6-7,12,14-15H,5,8-10H2,1H3,(H,18,20)(H,21,22)/t12-,14+,15-/m0/s1. The van der Waals surface area contributed by atoms with E-state index in [0.717, 1.165) is 0 Å². The number of Topliss-reactive ketones (excluding diaryl/α,β-unsaturated/α-hetero) is 1. The van der Waals surface area contributed by atoms with E-state index in [1.807, 2.05) is 6.07 Å². The first-order chi connectivity index (χ1) is 11.0. The van der Waals surface area contributed by atoms with Gasteiger partial charge in [0.15, 0.2) is 6.10 Å². The smallest absolute Gasteiger partial charge is 0.326 e. The molecule has 1 aromatic carbocycles. The van der Waals surface area contributed by atoms with Gasteiger partial charge in [-0.2, -0.15) is 0 Å². The van der Waals surface area contributed by atoms with Crippen molar-refractivity contribution in [3.8, 4) is 0 Å². The summed E-state index contributed by atoms with van der Waals surface area (Å²) in [4.78, 5) is 35.5. The van der Waals surface area contributed by atoms with Crippen LogP contribution in [0.25, 0.3) is 0 Å². The Kier molecular flexibility index (Phi) is 5.87. The second kappa shape index (κ2) is 7.87. The lowest BCUT2D eigenvalue weighted by Crippen LogP contribution is -2.49. The van der Waals surface area contributed by atoms with Gasteiger partial charge in [0.1, 0.15) is 11.8 Å². The fraction of sp³-hybridized carbons (Fsp3) is 0.471. The van der Waals surface area contributed by atoms with E-state index in [-0.39, 0.29) is 18.1 Å². The maximum atomic E-state index is 12.4. The predicted molar refractivity (Wildman–Crippen MR) is 82.7 cm³/mol. The third-order valence-corrected chi connectivity index (χ3v) is 4.13. The van der Waals surface area contributed by atoms with Crippen LogP contribution in [0.5, 0.6) is 0 Å². The largest absolute Gasteiger partial charge is 0.480 e. The Bertz CT molecular complexity index is 572. The van der Waals surface area contributed by atoms with Crippen molar-refractivity contribution in [2.75, 3.05) is 7.11 Å². The van der Waals surface area contributed by atoms with Crippen LogP contribution in [0.3, 0.4) is 0 Å². The van der Waals surface area contributed by atoms with Crippen LogP contribution in [-0.2, 0) is 19.1 Å². The van der Waals surface area contributed by atoms with Gasteiger partial charge in [-0.3, -0.25) is 9.59 Å². The number of nitrogens with one attached hydrogen (secondary N) is 1. The first kappa shape index (κ1) is 17.1. The molecule has 0 unspecified atom stereocenters. The highest BCUT2D eigenvalue weighted by Crippen LogP contribution is 2.25. The van der Waals surface area contributed by atoms with Gasteiger partial charge in [0.25, 0.3) is 5.91 Å². The lowest BCUT2D eigenvalue weighted by molar-refractivity contribution is -0.146. The SMILES string of the molecule is CO[C@H](C(=O)N[C@@H](C(=O)O)[C@H]1CCCC(=O)C1)c1ccccc1. The van der Waals surface area contributed by atoms with E-state index in [1.165, 1.54) is 7.11 Å². The second-order valence-electron chi connectivity index (χ2n) is 5.75. The Hall–Kier alpha value is -2.21. The zero-order chi connectivity index (χ0) is 16.8. The van der Waals surface area contributed by atoms with E-state index in [2.05, 4.69) is 5.32 Å². The zero-order valence-corrected chi connectivity index (χ0v) is 13.0. The molecule has 124 valence electrons. The molecule has 23 heavy (non-hydrogen) atoms. The number of ketones is 1. The summed E-state index contributed by atoms with van der Waals surface area (Å²) < 4.78 is 5.22. The highest BCUT2D eigenvalue weighted by atomic mass is 16.5. The van der Waals surface area contributed by atoms with Crippen LogP contribution in [0, 0.1) is 5.92 Å². The minimum absolute atomic E-state index is 0.0492. The molecule has 6 nitrogen and oxygen atoms in total. The summed E-state index contributed by atoms with van der Waals surface area (Å²) in [6, 6.07) is 7.79. The molecule has 0 aromatic heterocycles. The van der Waals surface area contributed by atoms with E-state index in [9.17, 15) is 19.5 Å². The van der Waals surface area contributed by atoms with Crippen molar-refractivity contribution in [2.45, 2.75) is 37.8 Å². The minimum atomic E-state index is -1.12. The van der Waals surface area contributed by atoms with Crippen LogP contribution in [0.15, 0.2) is 30.3 Å². The average molecular weight is 319 g/mol. The van der Waals surface area contributed by atoms with Crippen LogP contribution in [0.2, 0.25) is 0 Å². The summed E-state index contributed by atoms with van der Waals surface area (Å²) in [5.74, 6) is -1.95. The number of carbonyl (C=O) groups is 3. The Morgan fingerprint density at radius 2 is 2.00 bits per heavy atom. The number of amides is 1. The summed E-state index contributed by atoms with van der Waals surface area (Å²) in [6.07, 6.45) is 1.08. The fourth-order valence-corrected chi connectivity index (χ4v) is 2.97.